The number of anilines is 1. The van der Waals surface area contributed by atoms with Crippen molar-refractivity contribution in [3.05, 3.63) is 53.1 Å². The summed E-state index contributed by atoms with van der Waals surface area (Å²) in [4.78, 5) is 12.5. The highest BCUT2D eigenvalue weighted by Gasteiger charge is 2.23. The number of hydrogen-bond donors (Lipinski definition) is 2. The third-order valence-corrected chi connectivity index (χ3v) is 5.97. The minimum absolute atomic E-state index is 0.0106. The van der Waals surface area contributed by atoms with Gasteiger partial charge in [0, 0.05) is 18.2 Å². The molecule has 2 aromatic carbocycles. The van der Waals surface area contributed by atoms with Gasteiger partial charge >= 0.3 is 0 Å². The van der Waals surface area contributed by atoms with Crippen molar-refractivity contribution < 1.29 is 22.7 Å². The average molecular weight is 425 g/mol. The van der Waals surface area contributed by atoms with E-state index in [2.05, 4.69) is 10.0 Å². The van der Waals surface area contributed by atoms with Crippen LogP contribution in [-0.2, 0) is 14.8 Å². The number of ether oxygens (including phenoxy) is 2. The number of para-hydroxylation sites is 1. The van der Waals surface area contributed by atoms with Crippen molar-refractivity contribution in [2.75, 3.05) is 25.0 Å². The SMILES string of the molecule is COc1ccc(Cl)cc1S(=O)(=O)Nc1ccccc1C(=O)NCC1CCCO1. The number of halogens is 1. The van der Waals surface area contributed by atoms with E-state index < -0.39 is 10.0 Å². The first-order chi connectivity index (χ1) is 13.4. The zero-order valence-corrected chi connectivity index (χ0v) is 16.8. The van der Waals surface area contributed by atoms with Crippen molar-refractivity contribution in [2.45, 2.75) is 23.8 Å². The molecule has 28 heavy (non-hydrogen) atoms. The second-order valence-corrected chi connectivity index (χ2v) is 8.38. The molecule has 9 heteroatoms. The van der Waals surface area contributed by atoms with Crippen molar-refractivity contribution in [1.82, 2.24) is 5.32 Å². The van der Waals surface area contributed by atoms with E-state index >= 15 is 0 Å². The van der Waals surface area contributed by atoms with Gasteiger partial charge in [0.2, 0.25) is 0 Å². The third kappa shape index (κ3) is 4.76. The molecule has 1 aliphatic rings. The zero-order valence-electron chi connectivity index (χ0n) is 15.3. The van der Waals surface area contributed by atoms with Crippen LogP contribution in [0.4, 0.5) is 5.69 Å². The molecule has 0 aliphatic carbocycles. The lowest BCUT2D eigenvalue weighted by Gasteiger charge is -2.15. The summed E-state index contributed by atoms with van der Waals surface area (Å²) in [6.45, 7) is 1.07. The fraction of sp³-hybridized carbons (Fsp3) is 0.316. The highest BCUT2D eigenvalue weighted by molar-refractivity contribution is 7.92. The standard InChI is InChI=1S/C19H21ClN2O5S/c1-26-17-9-8-13(20)11-18(17)28(24,25)22-16-7-3-2-6-15(16)19(23)21-12-14-5-4-10-27-14/h2-3,6-9,11,14,22H,4-5,10,12H2,1H3,(H,21,23). The Balaban J connectivity index is 1.82. The smallest absolute Gasteiger partial charge is 0.265 e. The highest BCUT2D eigenvalue weighted by Crippen LogP contribution is 2.29. The molecule has 1 fully saturated rings. The van der Waals surface area contributed by atoms with E-state index in [0.717, 1.165) is 12.8 Å². The number of amides is 1. The second kappa shape index (κ2) is 8.81. The Labute approximate surface area is 169 Å². The predicted molar refractivity (Wildman–Crippen MR) is 107 cm³/mol. The Kier molecular flexibility index (Phi) is 6.43. The maximum Gasteiger partial charge on any atom is 0.265 e. The van der Waals surface area contributed by atoms with Crippen LogP contribution in [0.1, 0.15) is 23.2 Å². The monoisotopic (exact) mass is 424 g/mol. The van der Waals surface area contributed by atoms with Crippen molar-refractivity contribution >= 4 is 33.2 Å². The van der Waals surface area contributed by atoms with Crippen molar-refractivity contribution in [3.63, 3.8) is 0 Å². The zero-order chi connectivity index (χ0) is 20.1. The minimum atomic E-state index is -4.03. The summed E-state index contributed by atoms with van der Waals surface area (Å²) in [5.41, 5.74) is 0.374. The molecule has 1 unspecified atom stereocenters. The largest absolute Gasteiger partial charge is 0.495 e. The molecule has 7 nitrogen and oxygen atoms in total. The van der Waals surface area contributed by atoms with E-state index in [-0.39, 0.29) is 38.9 Å². The Hall–Kier alpha value is -2.29. The molecule has 2 aromatic rings. The summed E-state index contributed by atoms with van der Waals surface area (Å²) >= 11 is 5.94. The summed E-state index contributed by atoms with van der Waals surface area (Å²) < 4.78 is 38.8. The molecular formula is C19H21ClN2O5S. The number of methoxy groups -OCH3 is 1. The molecule has 2 N–H and O–H groups in total. The molecule has 0 spiro atoms. The third-order valence-electron chi connectivity index (χ3n) is 4.35. The van der Waals surface area contributed by atoms with Crippen LogP contribution in [0.5, 0.6) is 5.75 Å². The van der Waals surface area contributed by atoms with Crippen LogP contribution in [0, 0.1) is 0 Å². The Morgan fingerprint density at radius 3 is 2.79 bits per heavy atom. The van der Waals surface area contributed by atoms with Crippen LogP contribution < -0.4 is 14.8 Å². The molecule has 1 amide bonds. The van der Waals surface area contributed by atoms with E-state index in [1.807, 2.05) is 0 Å². The molecule has 0 aromatic heterocycles. The van der Waals surface area contributed by atoms with Gasteiger partial charge in [0.15, 0.2) is 0 Å². The van der Waals surface area contributed by atoms with Crippen molar-refractivity contribution in [3.8, 4) is 5.75 Å². The lowest BCUT2D eigenvalue weighted by atomic mass is 10.1. The second-order valence-electron chi connectivity index (χ2n) is 6.29. The van der Waals surface area contributed by atoms with Gasteiger partial charge in [-0.15, -0.1) is 0 Å². The quantitative estimate of drug-likeness (QED) is 0.712. The molecule has 0 saturated carbocycles. The number of hydrogen-bond acceptors (Lipinski definition) is 5. The van der Waals surface area contributed by atoms with Gasteiger partial charge in [-0.3, -0.25) is 9.52 Å². The van der Waals surface area contributed by atoms with Gasteiger partial charge in [0.25, 0.3) is 15.9 Å². The molecular weight excluding hydrogens is 404 g/mol. The molecule has 0 bridgehead atoms. The van der Waals surface area contributed by atoms with E-state index in [1.165, 1.54) is 31.4 Å². The van der Waals surface area contributed by atoms with Crippen LogP contribution >= 0.6 is 11.6 Å². The first-order valence-corrected chi connectivity index (χ1v) is 10.6. The van der Waals surface area contributed by atoms with Crippen LogP contribution in [-0.4, -0.2) is 40.7 Å². The molecule has 150 valence electrons. The van der Waals surface area contributed by atoms with Crippen LogP contribution in [0.15, 0.2) is 47.4 Å². The lowest BCUT2D eigenvalue weighted by molar-refractivity contribution is 0.0858. The Morgan fingerprint density at radius 2 is 2.07 bits per heavy atom. The Bertz CT molecular complexity index is 959. The number of carbonyl (C=O) groups excluding carboxylic acids is 1. The maximum absolute atomic E-state index is 12.9. The van der Waals surface area contributed by atoms with Gasteiger partial charge < -0.3 is 14.8 Å². The van der Waals surface area contributed by atoms with Crippen molar-refractivity contribution in [1.29, 1.82) is 0 Å². The number of nitrogens with one attached hydrogen (secondary N) is 2. The van der Waals surface area contributed by atoms with Gasteiger partial charge in [0.1, 0.15) is 10.6 Å². The summed E-state index contributed by atoms with van der Waals surface area (Å²) in [5, 5.41) is 3.05. The summed E-state index contributed by atoms with van der Waals surface area (Å²) in [5.74, 6) is -0.232. The van der Waals surface area contributed by atoms with Gasteiger partial charge in [0.05, 0.1) is 24.5 Å². The first-order valence-electron chi connectivity index (χ1n) is 8.76. The fourth-order valence-electron chi connectivity index (χ4n) is 2.94. The molecule has 1 atom stereocenters. The molecule has 0 radical (unpaired) electrons. The lowest BCUT2D eigenvalue weighted by Crippen LogP contribution is -2.32. The minimum Gasteiger partial charge on any atom is -0.495 e. The molecule has 1 aliphatic heterocycles. The average Bonchev–Trinajstić information content (AvgIpc) is 3.20. The van der Waals surface area contributed by atoms with Gasteiger partial charge in [-0.2, -0.15) is 0 Å². The summed E-state index contributed by atoms with van der Waals surface area (Å²) in [6, 6.07) is 10.7. The van der Waals surface area contributed by atoms with Crippen LogP contribution in [0.3, 0.4) is 0 Å². The van der Waals surface area contributed by atoms with Crippen LogP contribution in [0.25, 0.3) is 0 Å². The first kappa shape index (κ1) is 20.4. The van der Waals surface area contributed by atoms with E-state index in [0.29, 0.717) is 13.2 Å². The van der Waals surface area contributed by atoms with E-state index in [9.17, 15) is 13.2 Å². The number of sulfonamides is 1. The summed E-state index contributed by atoms with van der Waals surface area (Å²) in [6.07, 6.45) is 1.85. The topological polar surface area (TPSA) is 93.7 Å². The normalized spacial score (nSPS) is 16.6. The predicted octanol–water partition coefficient (Wildman–Crippen LogP) is 3.06. The van der Waals surface area contributed by atoms with Gasteiger partial charge in [-0.05, 0) is 43.2 Å². The molecule has 1 heterocycles. The fourth-order valence-corrected chi connectivity index (χ4v) is 4.45. The maximum atomic E-state index is 12.9. The highest BCUT2D eigenvalue weighted by atomic mass is 35.5. The molecule has 3 rings (SSSR count). The number of rotatable bonds is 7. The van der Waals surface area contributed by atoms with Crippen LogP contribution in [0.2, 0.25) is 5.02 Å². The molecule has 1 saturated heterocycles. The van der Waals surface area contributed by atoms with Crippen molar-refractivity contribution in [2.24, 2.45) is 0 Å². The van der Waals surface area contributed by atoms with Gasteiger partial charge in [-0.25, -0.2) is 8.42 Å². The Morgan fingerprint density at radius 1 is 1.29 bits per heavy atom. The number of benzene rings is 2. The van der Waals surface area contributed by atoms with Gasteiger partial charge in [-0.1, -0.05) is 23.7 Å². The summed E-state index contributed by atoms with van der Waals surface area (Å²) in [7, 11) is -2.66. The number of carbonyl (C=O) groups is 1. The van der Waals surface area contributed by atoms with E-state index in [4.69, 9.17) is 21.1 Å². The van der Waals surface area contributed by atoms with E-state index in [1.54, 1.807) is 18.2 Å².